The van der Waals surface area contributed by atoms with E-state index in [1.54, 1.807) is 19.5 Å². The Balaban J connectivity index is 1.39. The van der Waals surface area contributed by atoms with Gasteiger partial charge >= 0.3 is 6.03 Å². The molecule has 0 bridgehead atoms. The zero-order chi connectivity index (χ0) is 19.3. The molecule has 8 heteroatoms. The van der Waals surface area contributed by atoms with Gasteiger partial charge in [-0.1, -0.05) is 0 Å². The Morgan fingerprint density at radius 1 is 1.36 bits per heavy atom. The topological polar surface area (TPSA) is 88.1 Å². The number of methoxy groups -OCH3 is 1. The summed E-state index contributed by atoms with van der Waals surface area (Å²) < 4.78 is 7.09. The lowest BCUT2D eigenvalue weighted by Gasteiger charge is -2.25. The van der Waals surface area contributed by atoms with Gasteiger partial charge in [0.1, 0.15) is 5.75 Å². The summed E-state index contributed by atoms with van der Waals surface area (Å²) in [4.78, 5) is 14.7. The minimum atomic E-state index is -0.0449. The van der Waals surface area contributed by atoms with Crippen molar-refractivity contribution in [1.29, 1.82) is 0 Å². The van der Waals surface area contributed by atoms with Crippen molar-refractivity contribution >= 4 is 6.03 Å². The van der Waals surface area contributed by atoms with E-state index in [1.807, 2.05) is 46.1 Å². The molecule has 2 N–H and O–H groups in total. The highest BCUT2D eigenvalue weighted by Gasteiger charge is 2.29. The summed E-state index contributed by atoms with van der Waals surface area (Å²) in [6.45, 7) is 1.92. The third kappa shape index (κ3) is 3.85. The van der Waals surface area contributed by atoms with Crippen LogP contribution in [0.4, 0.5) is 4.79 Å². The summed E-state index contributed by atoms with van der Waals surface area (Å²) in [7, 11) is 1.64. The molecule has 0 aliphatic carbocycles. The maximum absolute atomic E-state index is 12.7. The molecule has 1 fully saturated rings. The number of carbonyl (C=O) groups is 1. The molecule has 0 unspecified atom stereocenters. The SMILES string of the molecule is COc1ccc(-c2[nH]ncc2CNC(=O)N2CCC[C@H]2Cn2cccn2)cc1. The van der Waals surface area contributed by atoms with E-state index in [2.05, 4.69) is 20.6 Å². The summed E-state index contributed by atoms with van der Waals surface area (Å²) in [6.07, 6.45) is 7.46. The van der Waals surface area contributed by atoms with Crippen molar-refractivity contribution in [2.45, 2.75) is 32.0 Å². The fourth-order valence-corrected chi connectivity index (χ4v) is 3.64. The minimum absolute atomic E-state index is 0.0449. The number of H-pyrrole nitrogens is 1. The Hall–Kier alpha value is -3.29. The molecule has 1 saturated heterocycles. The molecule has 2 amide bonds. The summed E-state index contributed by atoms with van der Waals surface area (Å²) in [6, 6.07) is 9.78. The maximum Gasteiger partial charge on any atom is 0.317 e. The summed E-state index contributed by atoms with van der Waals surface area (Å²) in [5.74, 6) is 0.801. The van der Waals surface area contributed by atoms with E-state index in [9.17, 15) is 4.79 Å². The predicted molar refractivity (Wildman–Crippen MR) is 105 cm³/mol. The minimum Gasteiger partial charge on any atom is -0.497 e. The third-order valence-electron chi connectivity index (χ3n) is 5.12. The first-order chi connectivity index (χ1) is 13.7. The third-order valence-corrected chi connectivity index (χ3v) is 5.12. The first-order valence-electron chi connectivity index (χ1n) is 9.43. The van der Waals surface area contributed by atoms with Crippen LogP contribution in [-0.2, 0) is 13.1 Å². The van der Waals surface area contributed by atoms with Gasteiger partial charge in [0, 0.05) is 36.6 Å². The smallest absolute Gasteiger partial charge is 0.317 e. The second kappa shape index (κ2) is 8.16. The zero-order valence-corrected chi connectivity index (χ0v) is 15.8. The molecule has 4 rings (SSSR count). The van der Waals surface area contributed by atoms with Crippen molar-refractivity contribution in [3.8, 4) is 17.0 Å². The maximum atomic E-state index is 12.7. The second-order valence-corrected chi connectivity index (χ2v) is 6.87. The van der Waals surface area contributed by atoms with Gasteiger partial charge in [-0.05, 0) is 43.2 Å². The van der Waals surface area contributed by atoms with Crippen LogP contribution < -0.4 is 10.1 Å². The highest BCUT2D eigenvalue weighted by Crippen LogP contribution is 2.24. The molecule has 1 aliphatic rings. The van der Waals surface area contributed by atoms with Gasteiger partial charge in [0.25, 0.3) is 0 Å². The highest BCUT2D eigenvalue weighted by atomic mass is 16.5. The number of nitrogens with one attached hydrogen (secondary N) is 2. The van der Waals surface area contributed by atoms with Gasteiger partial charge in [-0.15, -0.1) is 0 Å². The number of rotatable bonds is 6. The largest absolute Gasteiger partial charge is 0.497 e. The van der Waals surface area contributed by atoms with Crippen molar-refractivity contribution in [3.05, 3.63) is 54.5 Å². The normalized spacial score (nSPS) is 16.3. The molecular weight excluding hydrogens is 356 g/mol. The Morgan fingerprint density at radius 2 is 2.21 bits per heavy atom. The van der Waals surface area contributed by atoms with Crippen molar-refractivity contribution in [1.82, 2.24) is 30.2 Å². The van der Waals surface area contributed by atoms with E-state index in [1.165, 1.54) is 0 Å². The van der Waals surface area contributed by atoms with Crippen LogP contribution in [0.5, 0.6) is 5.75 Å². The number of ether oxygens (including phenoxy) is 1. The summed E-state index contributed by atoms with van der Waals surface area (Å²) in [5.41, 5.74) is 2.85. The number of amides is 2. The van der Waals surface area contributed by atoms with Gasteiger partial charge in [0.15, 0.2) is 0 Å². The van der Waals surface area contributed by atoms with E-state index < -0.39 is 0 Å². The van der Waals surface area contributed by atoms with Crippen LogP contribution in [0.15, 0.2) is 48.9 Å². The molecule has 8 nitrogen and oxygen atoms in total. The molecule has 1 aromatic carbocycles. The van der Waals surface area contributed by atoms with Gasteiger partial charge in [0.05, 0.1) is 31.6 Å². The van der Waals surface area contributed by atoms with Crippen LogP contribution in [0.3, 0.4) is 0 Å². The number of aromatic amines is 1. The molecule has 3 aromatic rings. The number of aromatic nitrogens is 4. The van der Waals surface area contributed by atoms with Crippen LogP contribution in [0.25, 0.3) is 11.3 Å². The fourth-order valence-electron chi connectivity index (χ4n) is 3.64. The van der Waals surface area contributed by atoms with E-state index in [-0.39, 0.29) is 12.1 Å². The van der Waals surface area contributed by atoms with Gasteiger partial charge in [0.2, 0.25) is 0 Å². The number of likely N-dealkylation sites (tertiary alicyclic amines) is 1. The molecule has 3 heterocycles. The van der Waals surface area contributed by atoms with Crippen molar-refractivity contribution in [2.24, 2.45) is 0 Å². The second-order valence-electron chi connectivity index (χ2n) is 6.87. The molecule has 0 spiro atoms. The van der Waals surface area contributed by atoms with E-state index >= 15 is 0 Å². The van der Waals surface area contributed by atoms with Crippen LogP contribution in [0.2, 0.25) is 0 Å². The number of benzene rings is 1. The van der Waals surface area contributed by atoms with Crippen LogP contribution in [0, 0.1) is 0 Å². The number of carbonyl (C=O) groups excluding carboxylic acids is 1. The molecule has 1 atom stereocenters. The lowest BCUT2D eigenvalue weighted by Crippen LogP contribution is -2.44. The molecule has 0 saturated carbocycles. The van der Waals surface area contributed by atoms with E-state index in [0.29, 0.717) is 6.54 Å². The number of urea groups is 1. The Labute approximate surface area is 163 Å². The highest BCUT2D eigenvalue weighted by molar-refractivity contribution is 5.75. The molecule has 2 aromatic heterocycles. The van der Waals surface area contributed by atoms with Gasteiger partial charge in [-0.25, -0.2) is 4.79 Å². The molecule has 28 heavy (non-hydrogen) atoms. The Kier molecular flexibility index (Phi) is 5.27. The lowest BCUT2D eigenvalue weighted by molar-refractivity contribution is 0.185. The van der Waals surface area contributed by atoms with Crippen LogP contribution in [-0.4, -0.2) is 50.6 Å². The fraction of sp³-hybridized carbons (Fsp3) is 0.350. The van der Waals surface area contributed by atoms with E-state index in [4.69, 9.17) is 4.74 Å². The Morgan fingerprint density at radius 3 is 2.96 bits per heavy atom. The zero-order valence-electron chi connectivity index (χ0n) is 15.8. The lowest BCUT2D eigenvalue weighted by atomic mass is 10.1. The molecule has 1 aliphatic heterocycles. The Bertz CT molecular complexity index is 903. The van der Waals surface area contributed by atoms with Crippen LogP contribution in [0.1, 0.15) is 18.4 Å². The first kappa shape index (κ1) is 18.1. The van der Waals surface area contributed by atoms with Crippen molar-refractivity contribution < 1.29 is 9.53 Å². The molecular formula is C20H24N6O2. The standard InChI is InChI=1S/C20H24N6O2/c1-28-18-7-5-15(6-8-18)19-16(13-22-24-19)12-21-20(27)26-11-2-4-17(26)14-25-10-3-9-23-25/h3,5-10,13,17H,2,4,11-12,14H2,1H3,(H,21,27)(H,22,24)/t17-/m0/s1. The van der Waals surface area contributed by atoms with E-state index in [0.717, 1.165) is 48.5 Å². The van der Waals surface area contributed by atoms with Crippen LogP contribution >= 0.6 is 0 Å². The molecule has 146 valence electrons. The van der Waals surface area contributed by atoms with Crippen molar-refractivity contribution in [3.63, 3.8) is 0 Å². The summed E-state index contributed by atoms with van der Waals surface area (Å²) in [5, 5.41) is 14.5. The first-order valence-corrected chi connectivity index (χ1v) is 9.43. The molecule has 0 radical (unpaired) electrons. The van der Waals surface area contributed by atoms with Crippen molar-refractivity contribution in [2.75, 3.05) is 13.7 Å². The average Bonchev–Trinajstić information content (AvgIpc) is 3.48. The van der Waals surface area contributed by atoms with Gasteiger partial charge in [-0.3, -0.25) is 9.78 Å². The monoisotopic (exact) mass is 380 g/mol. The number of nitrogens with zero attached hydrogens (tertiary/aromatic N) is 4. The quantitative estimate of drug-likeness (QED) is 0.688. The van der Waals surface area contributed by atoms with Gasteiger partial charge in [-0.2, -0.15) is 10.2 Å². The van der Waals surface area contributed by atoms with Gasteiger partial charge < -0.3 is 15.0 Å². The summed E-state index contributed by atoms with van der Waals surface area (Å²) >= 11 is 0. The number of hydrogen-bond donors (Lipinski definition) is 2. The number of hydrogen-bond acceptors (Lipinski definition) is 4. The predicted octanol–water partition coefficient (Wildman–Crippen LogP) is 2.66. The average molecular weight is 380 g/mol.